The van der Waals surface area contributed by atoms with E-state index < -0.39 is 0 Å². The maximum atomic E-state index is 5.19. The Kier molecular flexibility index (Phi) is 5.15. The largest absolute Gasteiger partial charge is 0.383 e. The molecule has 0 spiro atoms. The van der Waals surface area contributed by atoms with E-state index in [1.54, 1.807) is 7.11 Å². The van der Waals surface area contributed by atoms with E-state index in [2.05, 4.69) is 44.8 Å². The number of hydrogen-bond acceptors (Lipinski definition) is 4. The van der Waals surface area contributed by atoms with Gasteiger partial charge in [-0.2, -0.15) is 5.10 Å². The molecule has 1 saturated heterocycles. The summed E-state index contributed by atoms with van der Waals surface area (Å²) >= 11 is 0. The Morgan fingerprint density at radius 1 is 1.00 bits per heavy atom. The molecule has 1 aromatic carbocycles. The molecule has 0 amide bonds. The molecule has 5 heteroatoms. The highest BCUT2D eigenvalue weighted by Gasteiger charge is 2.25. The molecule has 0 bridgehead atoms. The molecule has 0 radical (unpaired) electrons. The molecule has 2 aromatic rings. The Hall–Kier alpha value is -1.69. The van der Waals surface area contributed by atoms with Gasteiger partial charge in [-0.1, -0.05) is 18.2 Å². The average molecular weight is 340 g/mol. The van der Waals surface area contributed by atoms with Crippen LogP contribution in [0.2, 0.25) is 0 Å². The van der Waals surface area contributed by atoms with Gasteiger partial charge in [0, 0.05) is 52.1 Å². The minimum absolute atomic E-state index is 0.828. The lowest BCUT2D eigenvalue weighted by atomic mass is 10.2. The summed E-state index contributed by atoms with van der Waals surface area (Å²) < 4.78 is 7.38. The van der Waals surface area contributed by atoms with Crippen molar-refractivity contribution in [3.05, 3.63) is 47.3 Å². The monoisotopic (exact) mass is 340 g/mol. The summed E-state index contributed by atoms with van der Waals surface area (Å²) in [5, 5.41) is 5.01. The van der Waals surface area contributed by atoms with Crippen molar-refractivity contribution in [3.63, 3.8) is 0 Å². The van der Waals surface area contributed by atoms with Crippen LogP contribution in [0.5, 0.6) is 0 Å². The van der Waals surface area contributed by atoms with E-state index in [1.807, 2.05) is 0 Å². The summed E-state index contributed by atoms with van der Waals surface area (Å²) in [6.45, 7) is 7.36. The second-order valence-electron chi connectivity index (χ2n) is 7.08. The third-order valence-corrected chi connectivity index (χ3v) is 5.46. The normalized spacial score (nSPS) is 18.6. The van der Waals surface area contributed by atoms with Crippen molar-refractivity contribution >= 4 is 0 Å². The van der Waals surface area contributed by atoms with Crippen LogP contribution in [0, 0.1) is 0 Å². The van der Waals surface area contributed by atoms with E-state index in [9.17, 15) is 0 Å². The van der Waals surface area contributed by atoms with Crippen molar-refractivity contribution in [2.75, 3.05) is 46.4 Å². The summed E-state index contributed by atoms with van der Waals surface area (Å²) in [4.78, 5) is 5.05. The fourth-order valence-electron chi connectivity index (χ4n) is 4.03. The molecule has 1 fully saturated rings. The smallest absolute Gasteiger partial charge is 0.0804 e. The van der Waals surface area contributed by atoms with Crippen LogP contribution in [0.4, 0.5) is 0 Å². The van der Waals surface area contributed by atoms with Crippen molar-refractivity contribution in [2.45, 2.75) is 25.8 Å². The lowest BCUT2D eigenvalue weighted by Gasteiger charge is -2.34. The van der Waals surface area contributed by atoms with Crippen LogP contribution in [-0.2, 0) is 24.1 Å². The van der Waals surface area contributed by atoms with E-state index in [0.29, 0.717) is 0 Å². The van der Waals surface area contributed by atoms with Gasteiger partial charge in [-0.25, -0.2) is 4.68 Å². The Morgan fingerprint density at radius 3 is 2.52 bits per heavy atom. The Morgan fingerprint density at radius 2 is 1.76 bits per heavy atom. The molecule has 2 heterocycles. The number of hydrogen-bond donors (Lipinski definition) is 0. The van der Waals surface area contributed by atoms with E-state index in [-0.39, 0.29) is 0 Å². The first-order valence-electron chi connectivity index (χ1n) is 9.44. The highest BCUT2D eigenvalue weighted by Crippen LogP contribution is 2.28. The van der Waals surface area contributed by atoms with Crippen LogP contribution in [0.1, 0.15) is 23.4 Å². The SMILES string of the molecule is COCCN1CCN(Cc2nn(-c3ccccc3)c3c2CCC3)CC1. The second-order valence-corrected chi connectivity index (χ2v) is 7.08. The molecule has 5 nitrogen and oxygen atoms in total. The molecule has 0 N–H and O–H groups in total. The number of aromatic nitrogens is 2. The fourth-order valence-corrected chi connectivity index (χ4v) is 4.03. The minimum atomic E-state index is 0.828. The number of piperazine rings is 1. The van der Waals surface area contributed by atoms with Gasteiger partial charge in [-0.15, -0.1) is 0 Å². The van der Waals surface area contributed by atoms with Crippen LogP contribution >= 0.6 is 0 Å². The van der Waals surface area contributed by atoms with Gasteiger partial charge in [0.05, 0.1) is 18.0 Å². The number of fused-ring (bicyclic) bond motifs is 1. The Labute approximate surface area is 150 Å². The summed E-state index contributed by atoms with van der Waals surface area (Å²) in [6, 6.07) is 10.6. The first-order chi connectivity index (χ1) is 12.3. The lowest BCUT2D eigenvalue weighted by Crippen LogP contribution is -2.46. The summed E-state index contributed by atoms with van der Waals surface area (Å²) in [7, 11) is 1.78. The predicted molar refractivity (Wildman–Crippen MR) is 99.2 cm³/mol. The summed E-state index contributed by atoms with van der Waals surface area (Å²) in [5.41, 5.74) is 5.42. The van der Waals surface area contributed by atoms with Crippen molar-refractivity contribution in [1.82, 2.24) is 19.6 Å². The standard InChI is InChI=1S/C20H28N4O/c1-25-15-14-22-10-12-23(13-11-22)16-19-18-8-5-9-20(18)24(21-19)17-6-3-2-4-7-17/h2-4,6-7H,5,8-16H2,1H3. The molecule has 2 aliphatic rings. The highest BCUT2D eigenvalue weighted by molar-refractivity contribution is 5.39. The van der Waals surface area contributed by atoms with Gasteiger partial charge in [0.15, 0.2) is 0 Å². The van der Waals surface area contributed by atoms with Gasteiger partial charge in [0.1, 0.15) is 0 Å². The van der Waals surface area contributed by atoms with Crippen molar-refractivity contribution in [3.8, 4) is 5.69 Å². The zero-order valence-electron chi connectivity index (χ0n) is 15.2. The molecular weight excluding hydrogens is 312 g/mol. The molecule has 0 unspecified atom stereocenters. The van der Waals surface area contributed by atoms with E-state index in [0.717, 1.165) is 52.3 Å². The van der Waals surface area contributed by atoms with Crippen molar-refractivity contribution in [1.29, 1.82) is 0 Å². The second kappa shape index (κ2) is 7.68. The number of ether oxygens (including phenoxy) is 1. The number of methoxy groups -OCH3 is 1. The maximum absolute atomic E-state index is 5.19. The Balaban J connectivity index is 1.45. The zero-order valence-corrected chi connectivity index (χ0v) is 15.2. The third-order valence-electron chi connectivity index (χ3n) is 5.46. The number of para-hydroxylation sites is 1. The topological polar surface area (TPSA) is 33.5 Å². The molecule has 1 aromatic heterocycles. The number of benzene rings is 1. The van der Waals surface area contributed by atoms with Gasteiger partial charge < -0.3 is 4.74 Å². The van der Waals surface area contributed by atoms with Gasteiger partial charge in [0.2, 0.25) is 0 Å². The molecule has 134 valence electrons. The van der Waals surface area contributed by atoms with Gasteiger partial charge in [0.25, 0.3) is 0 Å². The van der Waals surface area contributed by atoms with Crippen LogP contribution in [0.15, 0.2) is 30.3 Å². The molecular formula is C20H28N4O. The molecule has 0 atom stereocenters. The average Bonchev–Trinajstić information content (AvgIpc) is 3.26. The first-order valence-corrected chi connectivity index (χ1v) is 9.44. The van der Waals surface area contributed by atoms with Gasteiger partial charge >= 0.3 is 0 Å². The lowest BCUT2D eigenvalue weighted by molar-refractivity contribution is 0.0931. The number of rotatable bonds is 6. The molecule has 1 aliphatic heterocycles. The van der Waals surface area contributed by atoms with Crippen LogP contribution in [-0.4, -0.2) is 66.0 Å². The van der Waals surface area contributed by atoms with E-state index in [4.69, 9.17) is 9.84 Å². The molecule has 0 saturated carbocycles. The minimum Gasteiger partial charge on any atom is -0.383 e. The Bertz CT molecular complexity index is 689. The zero-order chi connectivity index (χ0) is 17.1. The summed E-state index contributed by atoms with van der Waals surface area (Å²) in [6.07, 6.45) is 3.60. The first kappa shape index (κ1) is 16.8. The van der Waals surface area contributed by atoms with Crippen LogP contribution in [0.3, 0.4) is 0 Å². The molecule has 25 heavy (non-hydrogen) atoms. The van der Waals surface area contributed by atoms with Crippen LogP contribution in [0.25, 0.3) is 5.69 Å². The maximum Gasteiger partial charge on any atom is 0.0804 e. The molecule has 1 aliphatic carbocycles. The predicted octanol–water partition coefficient (Wildman–Crippen LogP) is 2.12. The molecule has 4 rings (SSSR count). The van der Waals surface area contributed by atoms with E-state index >= 15 is 0 Å². The highest BCUT2D eigenvalue weighted by atomic mass is 16.5. The van der Waals surface area contributed by atoms with E-state index in [1.165, 1.54) is 35.5 Å². The van der Waals surface area contributed by atoms with Gasteiger partial charge in [-0.3, -0.25) is 9.80 Å². The van der Waals surface area contributed by atoms with Crippen molar-refractivity contribution in [2.24, 2.45) is 0 Å². The van der Waals surface area contributed by atoms with Crippen molar-refractivity contribution < 1.29 is 4.74 Å². The third kappa shape index (κ3) is 3.64. The quantitative estimate of drug-likeness (QED) is 0.807. The van der Waals surface area contributed by atoms with Gasteiger partial charge in [-0.05, 0) is 37.0 Å². The summed E-state index contributed by atoms with van der Waals surface area (Å²) in [5.74, 6) is 0. The fraction of sp³-hybridized carbons (Fsp3) is 0.550. The van der Waals surface area contributed by atoms with Crippen LogP contribution < -0.4 is 0 Å². The number of nitrogens with zero attached hydrogens (tertiary/aromatic N) is 4.